The lowest BCUT2D eigenvalue weighted by molar-refractivity contribution is 0.529. The maximum atomic E-state index is 12.3. The molecule has 0 aliphatic carbocycles. The van der Waals surface area contributed by atoms with Gasteiger partial charge in [0.15, 0.2) is 9.84 Å². The van der Waals surface area contributed by atoms with Crippen LogP contribution >= 0.6 is 0 Å². The van der Waals surface area contributed by atoms with Crippen LogP contribution in [0.4, 0.5) is 11.4 Å². The van der Waals surface area contributed by atoms with Gasteiger partial charge in [-0.3, -0.25) is 4.68 Å². The predicted octanol–water partition coefficient (Wildman–Crippen LogP) is 2.29. The molecule has 1 aromatic heterocycles. The van der Waals surface area contributed by atoms with E-state index in [1.807, 2.05) is 31.6 Å². The second kappa shape index (κ2) is 6.84. The average molecular weight is 348 g/mol. The van der Waals surface area contributed by atoms with E-state index >= 15 is 0 Å². The molecule has 6 nitrogen and oxygen atoms in total. The van der Waals surface area contributed by atoms with Gasteiger partial charge in [-0.05, 0) is 25.0 Å². The van der Waals surface area contributed by atoms with Crippen LogP contribution in [0.15, 0.2) is 41.6 Å². The lowest BCUT2D eigenvalue weighted by Crippen LogP contribution is -2.42. The summed E-state index contributed by atoms with van der Waals surface area (Å²) in [4.78, 5) is 2.69. The van der Waals surface area contributed by atoms with Crippen molar-refractivity contribution in [3.63, 3.8) is 0 Å². The summed E-state index contributed by atoms with van der Waals surface area (Å²) < 4.78 is 26.4. The van der Waals surface area contributed by atoms with Gasteiger partial charge in [0, 0.05) is 32.4 Å². The Morgan fingerprint density at radius 1 is 1.33 bits per heavy atom. The summed E-state index contributed by atoms with van der Waals surface area (Å²) in [5, 5.41) is 7.68. The third kappa shape index (κ3) is 3.56. The van der Waals surface area contributed by atoms with Crippen molar-refractivity contribution in [3.8, 4) is 0 Å². The number of para-hydroxylation sites is 1. The third-order valence-corrected chi connectivity index (χ3v) is 6.23. The molecule has 1 saturated heterocycles. The summed E-state index contributed by atoms with van der Waals surface area (Å²) in [5.41, 5.74) is 1.82. The Morgan fingerprint density at radius 3 is 2.83 bits per heavy atom. The van der Waals surface area contributed by atoms with E-state index in [-0.39, 0.29) is 11.8 Å². The van der Waals surface area contributed by atoms with Gasteiger partial charge < -0.3 is 10.2 Å². The maximum Gasteiger partial charge on any atom is 0.180 e. The summed E-state index contributed by atoms with van der Waals surface area (Å²) in [6, 6.07) is 7.40. The number of rotatable bonds is 5. The first-order valence-corrected chi connectivity index (χ1v) is 9.97. The van der Waals surface area contributed by atoms with E-state index in [2.05, 4.69) is 15.3 Å². The lowest BCUT2D eigenvalue weighted by Gasteiger charge is -2.34. The van der Waals surface area contributed by atoms with E-state index in [0.717, 1.165) is 31.6 Å². The predicted molar refractivity (Wildman–Crippen MR) is 96.2 cm³/mol. The highest BCUT2D eigenvalue weighted by atomic mass is 32.2. The SMILES string of the molecule is CCS(=O)(=O)c1ccccc1N[C@@H]1CCCN(c2cnn(C)c2)C1. The van der Waals surface area contributed by atoms with Crippen LogP contribution in [0.1, 0.15) is 19.8 Å². The van der Waals surface area contributed by atoms with Crippen molar-refractivity contribution in [2.45, 2.75) is 30.7 Å². The monoisotopic (exact) mass is 348 g/mol. The Morgan fingerprint density at radius 2 is 2.12 bits per heavy atom. The van der Waals surface area contributed by atoms with E-state index in [1.54, 1.807) is 23.7 Å². The largest absolute Gasteiger partial charge is 0.379 e. The van der Waals surface area contributed by atoms with Crippen LogP contribution in [0.3, 0.4) is 0 Å². The summed E-state index contributed by atoms with van der Waals surface area (Å²) in [6.45, 7) is 3.52. The first-order valence-electron chi connectivity index (χ1n) is 8.31. The zero-order valence-electron chi connectivity index (χ0n) is 14.1. The van der Waals surface area contributed by atoms with Gasteiger partial charge in [0.2, 0.25) is 0 Å². The Hall–Kier alpha value is -2.02. The van der Waals surface area contributed by atoms with Gasteiger partial charge in [-0.2, -0.15) is 5.10 Å². The zero-order chi connectivity index (χ0) is 17.2. The molecule has 1 atom stereocenters. The highest BCUT2D eigenvalue weighted by Crippen LogP contribution is 2.26. The second-order valence-corrected chi connectivity index (χ2v) is 8.45. The van der Waals surface area contributed by atoms with Gasteiger partial charge in [-0.1, -0.05) is 19.1 Å². The van der Waals surface area contributed by atoms with Crippen molar-refractivity contribution in [1.29, 1.82) is 0 Å². The molecular weight excluding hydrogens is 324 g/mol. The van der Waals surface area contributed by atoms with E-state index in [9.17, 15) is 8.42 Å². The smallest absolute Gasteiger partial charge is 0.180 e. The fourth-order valence-corrected chi connectivity index (χ4v) is 4.19. The van der Waals surface area contributed by atoms with Gasteiger partial charge in [0.05, 0.1) is 28.2 Å². The normalized spacial score (nSPS) is 18.6. The molecule has 24 heavy (non-hydrogen) atoms. The Kier molecular flexibility index (Phi) is 4.80. The van der Waals surface area contributed by atoms with Gasteiger partial charge in [0.25, 0.3) is 0 Å². The lowest BCUT2D eigenvalue weighted by atomic mass is 10.0. The van der Waals surface area contributed by atoms with Gasteiger partial charge in [0.1, 0.15) is 0 Å². The molecule has 0 radical (unpaired) electrons. The Labute approximate surface area is 143 Å². The molecule has 0 spiro atoms. The molecule has 1 fully saturated rings. The van der Waals surface area contributed by atoms with Crippen molar-refractivity contribution in [2.75, 3.05) is 29.1 Å². The van der Waals surface area contributed by atoms with Crippen molar-refractivity contribution >= 4 is 21.2 Å². The first-order chi connectivity index (χ1) is 11.5. The first kappa shape index (κ1) is 16.8. The Balaban J connectivity index is 1.77. The van der Waals surface area contributed by atoms with E-state index in [4.69, 9.17) is 0 Å². The molecule has 7 heteroatoms. The quantitative estimate of drug-likeness (QED) is 0.898. The molecule has 2 heterocycles. The van der Waals surface area contributed by atoms with Gasteiger partial charge >= 0.3 is 0 Å². The molecule has 0 saturated carbocycles. The van der Waals surface area contributed by atoms with Crippen LogP contribution in [-0.4, -0.2) is 43.1 Å². The van der Waals surface area contributed by atoms with Gasteiger partial charge in [-0.25, -0.2) is 8.42 Å². The van der Waals surface area contributed by atoms with Crippen molar-refractivity contribution < 1.29 is 8.42 Å². The number of hydrogen-bond acceptors (Lipinski definition) is 5. The minimum absolute atomic E-state index is 0.109. The number of hydrogen-bond donors (Lipinski definition) is 1. The highest BCUT2D eigenvalue weighted by Gasteiger charge is 2.23. The molecule has 1 aliphatic rings. The number of aromatic nitrogens is 2. The van der Waals surface area contributed by atoms with E-state index in [0.29, 0.717) is 10.6 Å². The summed E-state index contributed by atoms with van der Waals surface area (Å²) in [5.74, 6) is 0.109. The minimum Gasteiger partial charge on any atom is -0.379 e. The third-order valence-electron chi connectivity index (χ3n) is 4.44. The number of sulfone groups is 1. The number of nitrogens with zero attached hydrogens (tertiary/aromatic N) is 3. The number of nitrogens with one attached hydrogen (secondary N) is 1. The van der Waals surface area contributed by atoms with Crippen LogP contribution < -0.4 is 10.2 Å². The molecule has 0 unspecified atom stereocenters. The number of benzene rings is 1. The summed E-state index contributed by atoms with van der Waals surface area (Å²) in [6.07, 6.45) is 5.97. The topological polar surface area (TPSA) is 67.2 Å². The molecular formula is C17H24N4O2S. The molecule has 1 aliphatic heterocycles. The average Bonchev–Trinajstić information content (AvgIpc) is 3.02. The number of anilines is 2. The second-order valence-electron chi connectivity index (χ2n) is 6.20. The fraction of sp³-hybridized carbons (Fsp3) is 0.471. The number of piperidine rings is 1. The molecule has 0 amide bonds. The summed E-state index contributed by atoms with van der Waals surface area (Å²) in [7, 11) is -1.32. The van der Waals surface area contributed by atoms with Crippen LogP contribution in [0.25, 0.3) is 0 Å². The van der Waals surface area contributed by atoms with Crippen LogP contribution in [0.2, 0.25) is 0 Å². The van der Waals surface area contributed by atoms with Crippen LogP contribution in [0.5, 0.6) is 0 Å². The van der Waals surface area contributed by atoms with Crippen molar-refractivity contribution in [3.05, 3.63) is 36.7 Å². The van der Waals surface area contributed by atoms with Crippen LogP contribution in [-0.2, 0) is 16.9 Å². The molecule has 1 aromatic carbocycles. The highest BCUT2D eigenvalue weighted by molar-refractivity contribution is 7.91. The number of aryl methyl sites for hydroxylation is 1. The summed E-state index contributed by atoms with van der Waals surface area (Å²) >= 11 is 0. The van der Waals surface area contributed by atoms with E-state index < -0.39 is 9.84 Å². The molecule has 130 valence electrons. The maximum absolute atomic E-state index is 12.3. The molecule has 0 bridgehead atoms. The standard InChI is InChI=1S/C17H24N4O2S/c1-3-24(22,23)17-9-5-4-8-16(17)19-14-7-6-10-21(12-14)15-11-18-20(2)13-15/h4-5,8-9,11,13-14,19H,3,6-7,10,12H2,1-2H3/t14-/m1/s1. The fourth-order valence-electron chi connectivity index (χ4n) is 3.13. The minimum atomic E-state index is -3.23. The zero-order valence-corrected chi connectivity index (χ0v) is 15.0. The van der Waals surface area contributed by atoms with Crippen LogP contribution in [0, 0.1) is 0 Å². The van der Waals surface area contributed by atoms with Crippen molar-refractivity contribution in [1.82, 2.24) is 9.78 Å². The molecule has 3 rings (SSSR count). The van der Waals surface area contributed by atoms with E-state index in [1.165, 1.54) is 0 Å². The molecule has 2 aromatic rings. The molecule has 1 N–H and O–H groups in total. The van der Waals surface area contributed by atoms with Gasteiger partial charge in [-0.15, -0.1) is 0 Å². The van der Waals surface area contributed by atoms with Crippen molar-refractivity contribution in [2.24, 2.45) is 7.05 Å². The Bertz CT molecular complexity index is 800.